The summed E-state index contributed by atoms with van der Waals surface area (Å²) in [4.78, 5) is 35.7. The largest absolute Gasteiger partial charge is 0.300 e. The fraction of sp³-hybridized carbons (Fsp3) is 0.0909. The summed E-state index contributed by atoms with van der Waals surface area (Å²) < 4.78 is 3.33. The first-order chi connectivity index (χ1) is 15.0. The Morgan fingerprint density at radius 3 is 2.71 bits per heavy atom. The molecular weight excluding hydrogens is 496 g/mol. The van der Waals surface area contributed by atoms with Crippen LogP contribution in [-0.4, -0.2) is 20.4 Å². The summed E-state index contributed by atoms with van der Waals surface area (Å²) in [5, 5.41) is 5.79. The van der Waals surface area contributed by atoms with Gasteiger partial charge in [0.05, 0.1) is 21.9 Å². The maximum absolute atomic E-state index is 13.3. The van der Waals surface area contributed by atoms with E-state index < -0.39 is 6.04 Å². The van der Waals surface area contributed by atoms with E-state index in [1.807, 2.05) is 53.9 Å². The van der Waals surface area contributed by atoms with Crippen LogP contribution in [0.5, 0.6) is 0 Å². The number of halogens is 1. The molecule has 0 aliphatic rings. The van der Waals surface area contributed by atoms with Crippen molar-refractivity contribution in [2.45, 2.75) is 13.0 Å². The lowest BCUT2D eigenvalue weighted by molar-refractivity contribution is -0.118. The van der Waals surface area contributed by atoms with Crippen molar-refractivity contribution in [1.29, 1.82) is 0 Å². The third-order valence-corrected chi connectivity index (χ3v) is 7.36. The van der Waals surface area contributed by atoms with Gasteiger partial charge in [-0.3, -0.25) is 14.2 Å². The van der Waals surface area contributed by atoms with Gasteiger partial charge in [-0.25, -0.2) is 9.97 Å². The third-order valence-electron chi connectivity index (χ3n) is 5.00. The first-order valence-corrected chi connectivity index (χ1v) is 11.9. The van der Waals surface area contributed by atoms with Crippen molar-refractivity contribution in [1.82, 2.24) is 14.5 Å². The van der Waals surface area contributed by atoms with E-state index in [-0.39, 0.29) is 11.5 Å². The van der Waals surface area contributed by atoms with Crippen molar-refractivity contribution in [3.63, 3.8) is 0 Å². The smallest absolute Gasteiger partial charge is 0.263 e. The second kappa shape index (κ2) is 7.99. The van der Waals surface area contributed by atoms with E-state index in [1.54, 1.807) is 6.92 Å². The van der Waals surface area contributed by atoms with Crippen molar-refractivity contribution >= 4 is 70.1 Å². The van der Waals surface area contributed by atoms with Gasteiger partial charge in [-0.05, 0) is 36.8 Å². The number of thiazole rings is 1. The zero-order valence-corrected chi connectivity index (χ0v) is 19.4. The number of benzene rings is 2. The Labute approximate surface area is 193 Å². The Kier molecular flexibility index (Phi) is 5.17. The second-order valence-corrected chi connectivity index (χ2v) is 9.75. The van der Waals surface area contributed by atoms with Crippen LogP contribution in [0, 0.1) is 0 Å². The van der Waals surface area contributed by atoms with Gasteiger partial charge in [-0.2, -0.15) is 0 Å². The van der Waals surface area contributed by atoms with Gasteiger partial charge < -0.3 is 5.32 Å². The van der Waals surface area contributed by atoms with Crippen LogP contribution in [0.3, 0.4) is 0 Å². The lowest BCUT2D eigenvalue weighted by Gasteiger charge is -2.14. The van der Waals surface area contributed by atoms with E-state index in [0.29, 0.717) is 15.3 Å². The van der Waals surface area contributed by atoms with Crippen LogP contribution in [0.1, 0.15) is 13.0 Å². The molecule has 1 unspecified atom stereocenters. The van der Waals surface area contributed by atoms with Gasteiger partial charge in [0.1, 0.15) is 10.9 Å². The molecule has 0 radical (unpaired) electrons. The number of hydrogen-bond acceptors (Lipinski definition) is 6. The SMILES string of the molecule is CC(C(=O)Nc1nc2ccccc2s1)n1cnc2scc(-c3ccc(Br)cc3)c2c1=O. The number of fused-ring (bicyclic) bond motifs is 2. The predicted octanol–water partition coefficient (Wildman–Crippen LogP) is 5.70. The fourth-order valence-corrected chi connectivity index (χ4v) is 5.36. The standard InChI is InChI=1S/C22H15BrN4O2S2/c1-12(19(28)26-22-25-16-4-2-3-5-17(16)31-22)27-11-24-20-18(21(27)29)15(10-30-20)13-6-8-14(23)9-7-13/h2-12H,1H3,(H,25,26,28). The summed E-state index contributed by atoms with van der Waals surface area (Å²) in [5.41, 5.74) is 2.33. The highest BCUT2D eigenvalue weighted by atomic mass is 79.9. The molecule has 31 heavy (non-hydrogen) atoms. The lowest BCUT2D eigenvalue weighted by Crippen LogP contribution is -2.31. The van der Waals surface area contributed by atoms with Crippen LogP contribution in [-0.2, 0) is 4.79 Å². The Morgan fingerprint density at radius 1 is 1.16 bits per heavy atom. The molecule has 0 fully saturated rings. The summed E-state index contributed by atoms with van der Waals surface area (Å²) in [6.45, 7) is 1.68. The monoisotopic (exact) mass is 510 g/mol. The third kappa shape index (κ3) is 3.69. The molecule has 1 atom stereocenters. The molecule has 0 aliphatic heterocycles. The van der Waals surface area contributed by atoms with Gasteiger partial charge in [-0.15, -0.1) is 11.3 Å². The summed E-state index contributed by atoms with van der Waals surface area (Å²) in [7, 11) is 0. The van der Waals surface area contributed by atoms with Gasteiger partial charge in [0.25, 0.3) is 5.56 Å². The Morgan fingerprint density at radius 2 is 1.94 bits per heavy atom. The zero-order chi connectivity index (χ0) is 21.5. The van der Waals surface area contributed by atoms with E-state index in [2.05, 4.69) is 31.2 Å². The molecule has 5 aromatic rings. The second-order valence-electron chi connectivity index (χ2n) is 6.95. The number of nitrogens with zero attached hydrogens (tertiary/aromatic N) is 3. The van der Waals surface area contributed by atoms with Crippen molar-refractivity contribution < 1.29 is 4.79 Å². The van der Waals surface area contributed by atoms with Gasteiger partial charge in [0.15, 0.2) is 5.13 Å². The van der Waals surface area contributed by atoms with Crippen LogP contribution < -0.4 is 10.9 Å². The molecule has 3 aromatic heterocycles. The number of anilines is 1. The first kappa shape index (κ1) is 20.0. The van der Waals surface area contributed by atoms with E-state index in [4.69, 9.17) is 0 Å². The van der Waals surface area contributed by atoms with E-state index in [9.17, 15) is 9.59 Å². The Bertz CT molecular complexity index is 1450. The molecule has 0 spiro atoms. The van der Waals surface area contributed by atoms with Crippen molar-refractivity contribution in [2.75, 3.05) is 5.32 Å². The summed E-state index contributed by atoms with van der Waals surface area (Å²) in [6.07, 6.45) is 1.44. The van der Waals surface area contributed by atoms with Gasteiger partial charge in [0, 0.05) is 15.4 Å². The summed E-state index contributed by atoms with van der Waals surface area (Å²) in [6, 6.07) is 14.7. The number of thiophene rings is 1. The van der Waals surface area contributed by atoms with Crippen molar-refractivity contribution in [2.24, 2.45) is 0 Å². The molecule has 9 heteroatoms. The molecule has 6 nitrogen and oxygen atoms in total. The number of amides is 1. The van der Waals surface area contributed by atoms with Crippen LogP contribution in [0.2, 0.25) is 0 Å². The molecule has 2 aromatic carbocycles. The van der Waals surface area contributed by atoms with E-state index in [1.165, 1.54) is 33.6 Å². The van der Waals surface area contributed by atoms with Crippen molar-refractivity contribution in [3.05, 3.63) is 75.1 Å². The van der Waals surface area contributed by atoms with Crippen LogP contribution in [0.4, 0.5) is 5.13 Å². The van der Waals surface area contributed by atoms with Gasteiger partial charge in [-0.1, -0.05) is 51.5 Å². The van der Waals surface area contributed by atoms with Gasteiger partial charge in [0.2, 0.25) is 5.91 Å². The Hall–Kier alpha value is -2.88. The fourth-order valence-electron chi connectivity index (χ4n) is 3.33. The molecule has 0 bridgehead atoms. The number of para-hydroxylation sites is 1. The molecule has 154 valence electrons. The molecule has 3 heterocycles. The number of hydrogen-bond donors (Lipinski definition) is 1. The summed E-state index contributed by atoms with van der Waals surface area (Å²) in [5.74, 6) is -0.317. The number of carbonyl (C=O) groups is 1. The highest BCUT2D eigenvalue weighted by molar-refractivity contribution is 9.10. The minimum absolute atomic E-state index is 0.240. The van der Waals surface area contributed by atoms with Crippen LogP contribution in [0.25, 0.3) is 31.6 Å². The first-order valence-electron chi connectivity index (χ1n) is 9.42. The topological polar surface area (TPSA) is 76.9 Å². The summed E-state index contributed by atoms with van der Waals surface area (Å²) >= 11 is 6.25. The minimum atomic E-state index is -0.742. The molecule has 5 rings (SSSR count). The molecule has 1 N–H and O–H groups in total. The average molecular weight is 511 g/mol. The highest BCUT2D eigenvalue weighted by Crippen LogP contribution is 2.32. The number of aromatic nitrogens is 3. The average Bonchev–Trinajstić information content (AvgIpc) is 3.38. The normalized spacial score (nSPS) is 12.3. The predicted molar refractivity (Wildman–Crippen MR) is 130 cm³/mol. The number of nitrogens with one attached hydrogen (secondary N) is 1. The zero-order valence-electron chi connectivity index (χ0n) is 16.2. The maximum atomic E-state index is 13.3. The van der Waals surface area contributed by atoms with E-state index >= 15 is 0 Å². The quantitative estimate of drug-likeness (QED) is 0.336. The van der Waals surface area contributed by atoms with Crippen LogP contribution in [0.15, 0.2) is 69.5 Å². The van der Waals surface area contributed by atoms with Gasteiger partial charge >= 0.3 is 0 Å². The maximum Gasteiger partial charge on any atom is 0.263 e. The van der Waals surface area contributed by atoms with Crippen molar-refractivity contribution in [3.8, 4) is 11.1 Å². The minimum Gasteiger partial charge on any atom is -0.300 e. The Balaban J connectivity index is 1.49. The number of carbonyl (C=O) groups excluding carboxylic acids is 1. The number of rotatable bonds is 4. The molecule has 0 saturated carbocycles. The van der Waals surface area contributed by atoms with E-state index in [0.717, 1.165) is 25.8 Å². The van der Waals surface area contributed by atoms with Crippen LogP contribution >= 0.6 is 38.6 Å². The molecule has 1 amide bonds. The molecule has 0 saturated heterocycles. The molecular formula is C22H15BrN4O2S2. The highest BCUT2D eigenvalue weighted by Gasteiger charge is 2.21. The lowest BCUT2D eigenvalue weighted by atomic mass is 10.1. The molecule has 0 aliphatic carbocycles.